The number of aliphatic hydroxyl groups excluding tert-OH is 8. The van der Waals surface area contributed by atoms with E-state index in [9.17, 15) is 0 Å². The molecule has 0 aliphatic heterocycles. The third-order valence-electron chi connectivity index (χ3n) is 26.4. The van der Waals surface area contributed by atoms with Gasteiger partial charge in [0, 0.05) is 105 Å². The van der Waals surface area contributed by atoms with Crippen LogP contribution < -0.4 is 10.4 Å². The third kappa shape index (κ3) is 38.3. The predicted molar refractivity (Wildman–Crippen MR) is 592 cm³/mol. The number of allylic oxidation sites excluding steroid dienone is 4. The number of benzene rings is 8. The fourth-order valence-electron chi connectivity index (χ4n) is 20.3. The maximum Gasteiger partial charge on any atom is 0.0877 e. The molecule has 142 heavy (non-hydrogen) atoms. The van der Waals surface area contributed by atoms with Gasteiger partial charge in [-0.3, -0.25) is 0 Å². The Kier molecular flexibility index (Phi) is 52.3. The molecular formula is C124H164Ir4N4O8Si2-4. The molecule has 4 saturated carbocycles. The van der Waals surface area contributed by atoms with Crippen LogP contribution >= 0.6 is 0 Å². The number of pyridine rings is 4. The Labute approximate surface area is 909 Å². The molecule has 776 valence electrons. The molecule has 0 amide bonds. The smallest absolute Gasteiger partial charge is 0.0877 e. The minimum absolute atomic E-state index is 0. The first-order valence-corrected chi connectivity index (χ1v) is 58.2. The summed E-state index contributed by atoms with van der Waals surface area (Å²) < 4.78 is 0. The van der Waals surface area contributed by atoms with Gasteiger partial charge in [0.05, 0.1) is 63.6 Å². The molecule has 4 heterocycles. The van der Waals surface area contributed by atoms with Crippen molar-refractivity contribution in [1.29, 1.82) is 0 Å². The molecule has 12 aromatic rings. The first kappa shape index (κ1) is 125. The zero-order valence-corrected chi connectivity index (χ0v) is 101. The van der Waals surface area contributed by atoms with Gasteiger partial charge < -0.3 is 60.8 Å². The Bertz CT molecular complexity index is 5970. The number of rotatable bonds is 16. The average Bonchev–Trinajstić information content (AvgIpc) is 0.746. The average molecular weight is 2660 g/mol. The molecule has 18 heteroatoms. The Morgan fingerprint density at radius 1 is 0.296 bits per heavy atom. The van der Waals surface area contributed by atoms with Gasteiger partial charge in [-0.25, -0.2) is 0 Å². The van der Waals surface area contributed by atoms with Crippen LogP contribution in [0.4, 0.5) is 0 Å². The van der Waals surface area contributed by atoms with E-state index in [1.807, 2.05) is 12.4 Å². The van der Waals surface area contributed by atoms with Gasteiger partial charge in [-0.2, -0.15) is 0 Å². The Morgan fingerprint density at radius 2 is 0.606 bits per heavy atom. The van der Waals surface area contributed by atoms with Crippen LogP contribution in [-0.2, 0) is 80.4 Å². The monoisotopic (exact) mass is 2670 g/mol. The van der Waals surface area contributed by atoms with Crippen molar-refractivity contribution >= 4 is 69.6 Å². The summed E-state index contributed by atoms with van der Waals surface area (Å²) in [6.07, 6.45) is 39.0. The number of aliphatic hydroxyl groups is 8. The Morgan fingerprint density at radius 3 is 0.951 bits per heavy atom. The van der Waals surface area contributed by atoms with Gasteiger partial charge in [0.2, 0.25) is 0 Å². The molecule has 8 N–H and O–H groups in total. The standard InChI is InChI=1S/2C29H34N.2C23H28NSi.4C5H10O2.4Ir/c1-20-15-21(2)17-25(16-20)29-28-19-24(22-9-5-3-6-10-22)18-27(26(28)13-14-30-29)23-11-7-4-8-12-23;1-20-15-21(2)17-25(16-20)29-26-14-13-24(22-9-5-3-6-10-22)18-27(26)28(19-30-29)23-11-7-4-8-12-23;1-15(2)18-13-21-20(22(14-18)25(5,6)7)8-9-24-23(21)19-11-16(3)10-17(4)12-19;1-15(2)18-8-9-20-21(13-18)22(25(5,6)7)14-24-23(20)19-11-16(3)10-17(4)12-19;4*1-4(6)3-5(2)7;;;;/h2*13-16,18-19,22-23H,3-12H2,1-2H3;2*8-11,13-15H,1-7H3;4*3-4,6-7H,1-2H3;;;;/q4*-1;;;;;;;;. The molecule has 4 aliphatic rings. The SMILES string of the molecule is CC(O)=CC(C)O.CC(O)=CC(C)O.CC(O)=CC(C)O.CC(O)=CC(C)O.Cc1[c-]c(-c2ncc(C3CCCCC3)c3cc(C4CCCCC4)ccc23)cc(C)c1.Cc1[c-]c(-c2ncc([Si](C)(C)C)c3cc(C(C)C)ccc23)cc(C)c1.Cc1[c-]c(-c2nccc3c(C4CCCCC4)cc(C4CCCCC4)cc23)cc(C)c1.Cc1[c-]c(-c2nccc3c([Si](C)(C)C)cc(C(C)C)cc23)cc(C)c1.[Ir].[Ir].[Ir].[Ir]. The number of hydrogen-bond donors (Lipinski definition) is 8. The molecule has 12 nitrogen and oxygen atoms in total. The second-order valence-corrected chi connectivity index (χ2v) is 52.8. The minimum Gasteiger partial charge on any atom is -0.513 e. The van der Waals surface area contributed by atoms with Crippen LogP contribution in [0.3, 0.4) is 0 Å². The molecule has 8 aromatic carbocycles. The summed E-state index contributed by atoms with van der Waals surface area (Å²) in [5.74, 6) is 4.54. The molecule has 4 atom stereocenters. The van der Waals surface area contributed by atoms with Crippen molar-refractivity contribution in [3.8, 4) is 45.0 Å². The summed E-state index contributed by atoms with van der Waals surface area (Å²) in [6.45, 7) is 53.1. The van der Waals surface area contributed by atoms with E-state index in [2.05, 4.69) is 280 Å². The summed E-state index contributed by atoms with van der Waals surface area (Å²) >= 11 is 0. The van der Waals surface area contributed by atoms with E-state index in [1.54, 1.807) is 44.4 Å². The van der Waals surface area contributed by atoms with Crippen molar-refractivity contribution in [2.45, 2.75) is 366 Å². The van der Waals surface area contributed by atoms with Crippen LogP contribution in [0, 0.1) is 79.7 Å². The van der Waals surface area contributed by atoms with Crippen LogP contribution in [0.2, 0.25) is 39.3 Å². The van der Waals surface area contributed by atoms with Crippen molar-refractivity contribution < 1.29 is 121 Å². The molecule has 0 saturated heterocycles. The number of aryl methyl sites for hydroxylation is 8. The zero-order chi connectivity index (χ0) is 101. The Balaban J connectivity index is 0.000000303. The maximum absolute atomic E-state index is 8.49. The number of aromatic nitrogens is 4. The van der Waals surface area contributed by atoms with E-state index in [-0.39, 0.29) is 103 Å². The molecule has 4 aromatic heterocycles. The summed E-state index contributed by atoms with van der Waals surface area (Å²) in [5, 5.41) is 81.4. The van der Waals surface area contributed by atoms with Gasteiger partial charge in [-0.1, -0.05) is 265 Å². The molecule has 0 bridgehead atoms. The topological polar surface area (TPSA) is 213 Å². The summed E-state index contributed by atoms with van der Waals surface area (Å²) in [7, 11) is -2.93. The summed E-state index contributed by atoms with van der Waals surface area (Å²) in [6, 6.07) is 60.4. The quantitative estimate of drug-likeness (QED) is 0.0258. The van der Waals surface area contributed by atoms with Crippen molar-refractivity contribution in [2.75, 3.05) is 0 Å². The molecule has 4 fully saturated rings. The van der Waals surface area contributed by atoms with Gasteiger partial charge in [-0.15, -0.1) is 140 Å². The van der Waals surface area contributed by atoms with Crippen LogP contribution in [0.5, 0.6) is 0 Å². The van der Waals surface area contributed by atoms with Gasteiger partial charge in [-0.05, 0) is 283 Å². The number of hydrogen-bond acceptors (Lipinski definition) is 12. The summed E-state index contributed by atoms with van der Waals surface area (Å²) in [4.78, 5) is 19.6. The van der Waals surface area contributed by atoms with E-state index < -0.39 is 40.6 Å². The van der Waals surface area contributed by atoms with Crippen molar-refractivity contribution in [1.82, 2.24) is 19.9 Å². The molecule has 4 radical (unpaired) electrons. The largest absolute Gasteiger partial charge is 0.513 e. The fraction of sp³-hybridized carbons (Fsp3) is 0.452. The fourth-order valence-corrected chi connectivity index (χ4v) is 23.4. The number of fused-ring (bicyclic) bond motifs is 4. The van der Waals surface area contributed by atoms with Crippen LogP contribution in [0.1, 0.15) is 325 Å². The van der Waals surface area contributed by atoms with Crippen LogP contribution in [0.25, 0.3) is 88.1 Å². The summed E-state index contributed by atoms with van der Waals surface area (Å²) in [5.41, 5.74) is 27.7. The zero-order valence-electron chi connectivity index (χ0n) is 89.8. The van der Waals surface area contributed by atoms with Gasteiger partial charge in [0.25, 0.3) is 0 Å². The van der Waals surface area contributed by atoms with Gasteiger partial charge in [0.15, 0.2) is 0 Å². The van der Waals surface area contributed by atoms with E-state index in [0.29, 0.717) is 23.7 Å². The first-order chi connectivity index (χ1) is 65.2. The van der Waals surface area contributed by atoms with E-state index in [4.69, 9.17) is 60.8 Å². The van der Waals surface area contributed by atoms with Crippen LogP contribution in [0.15, 0.2) is 193 Å². The van der Waals surface area contributed by atoms with Crippen LogP contribution in [-0.4, -0.2) is 101 Å². The van der Waals surface area contributed by atoms with Crippen molar-refractivity contribution in [3.63, 3.8) is 0 Å². The van der Waals surface area contributed by atoms with E-state index in [1.165, 1.54) is 290 Å². The molecule has 16 rings (SSSR count). The van der Waals surface area contributed by atoms with E-state index >= 15 is 0 Å². The first-order valence-electron chi connectivity index (χ1n) is 51.2. The second-order valence-electron chi connectivity index (χ2n) is 42.7. The second kappa shape index (κ2) is 59.4. The Hall–Kier alpha value is -7.57. The van der Waals surface area contributed by atoms with Gasteiger partial charge in [0.1, 0.15) is 0 Å². The van der Waals surface area contributed by atoms with Crippen molar-refractivity contribution in [3.05, 3.63) is 296 Å². The maximum atomic E-state index is 8.49. The predicted octanol–water partition coefficient (Wildman–Crippen LogP) is 32.1. The van der Waals surface area contributed by atoms with E-state index in [0.717, 1.165) is 62.4 Å². The number of nitrogens with zero attached hydrogens (tertiary/aromatic N) is 4. The normalized spacial score (nSPS) is 15.5. The van der Waals surface area contributed by atoms with Gasteiger partial charge >= 0.3 is 0 Å². The molecular weight excluding hydrogens is 2500 g/mol. The minimum atomic E-state index is -1.47. The molecule has 0 spiro atoms. The molecule has 4 aliphatic carbocycles. The molecule has 4 unspecified atom stereocenters. The third-order valence-corrected chi connectivity index (χ3v) is 30.5. The van der Waals surface area contributed by atoms with Crippen molar-refractivity contribution in [2.24, 2.45) is 0 Å².